The maximum absolute atomic E-state index is 5.45. The van der Waals surface area contributed by atoms with E-state index in [2.05, 4.69) is 0 Å². The first-order valence-corrected chi connectivity index (χ1v) is 3.52. The first-order chi connectivity index (χ1) is 3.29. The molecule has 4 N–H and O–H groups in total. The number of nitrogens with two attached hydrogens (primary N) is 2. The molecule has 3 heteroatoms. The summed E-state index contributed by atoms with van der Waals surface area (Å²) in [6.07, 6.45) is 0. The lowest BCUT2D eigenvalue weighted by Gasteiger charge is -1.75. The second-order valence-corrected chi connectivity index (χ2v) is 2.84. The molecule has 0 aliphatic carbocycles. The molecule has 0 fully saturated rings. The van der Waals surface area contributed by atoms with Crippen molar-refractivity contribution in [3.63, 3.8) is 0 Å². The molecule has 0 radical (unpaired) electrons. The van der Waals surface area contributed by atoms with Crippen LogP contribution in [0.5, 0.6) is 0 Å². The summed E-state index contributed by atoms with van der Waals surface area (Å²) in [5, 5.41) is 0. The Balaban J connectivity index is 3.04. The van der Waals surface area contributed by atoms with Gasteiger partial charge in [-0.25, -0.2) is 0 Å². The molecule has 2 nitrogen and oxygen atoms in total. The van der Waals surface area contributed by atoms with Gasteiger partial charge in [-0.3, -0.25) is 5.50 Å². The van der Waals surface area contributed by atoms with Crippen molar-refractivity contribution in [1.29, 1.82) is 0 Å². The largest absolute Gasteiger partial charge is 0.398 e. The van der Waals surface area contributed by atoms with Gasteiger partial charge in [0.2, 0.25) is 0 Å². The van der Waals surface area contributed by atoms with Gasteiger partial charge in [-0.1, -0.05) is 7.68 Å². The molecular formula is C4H7N2P. The number of hydrogen-bond acceptors (Lipinski definition) is 2. The highest BCUT2D eigenvalue weighted by Crippen LogP contribution is 2.21. The Bertz CT molecular complexity index is 142. The van der Waals surface area contributed by atoms with Crippen molar-refractivity contribution in [2.45, 2.75) is 0 Å². The molecule has 1 aromatic heterocycles. The second kappa shape index (κ2) is 1.57. The summed E-state index contributed by atoms with van der Waals surface area (Å²) >= 11 is 0. The van der Waals surface area contributed by atoms with Crippen molar-refractivity contribution >= 4 is 13.4 Å². The molecule has 1 aromatic rings. The molecule has 0 saturated heterocycles. The Morgan fingerprint density at radius 3 is 2.43 bits per heavy atom. The lowest BCUT2D eigenvalue weighted by atomic mass is 10.6. The number of rotatable bonds is 0. The van der Waals surface area contributed by atoms with Crippen molar-refractivity contribution in [1.82, 2.24) is 0 Å². The van der Waals surface area contributed by atoms with Gasteiger partial charge in [0.25, 0.3) is 0 Å². The highest BCUT2D eigenvalue weighted by molar-refractivity contribution is 7.48. The maximum Gasteiger partial charge on any atom is 0.0370 e. The SMILES string of the molecule is Nc1ccp(N)c1. The van der Waals surface area contributed by atoms with Crippen LogP contribution >= 0.6 is 7.68 Å². The lowest BCUT2D eigenvalue weighted by Crippen LogP contribution is -1.75. The standard InChI is InChI=1S/C4H7N2P/c5-4-1-2-7(6)3-4/h1-3H,5-6H2. The van der Waals surface area contributed by atoms with E-state index in [9.17, 15) is 0 Å². The third-order valence-electron chi connectivity index (χ3n) is 0.737. The Morgan fingerprint density at radius 1 is 1.57 bits per heavy atom. The van der Waals surface area contributed by atoms with Crippen LogP contribution in [-0.4, -0.2) is 0 Å². The fourth-order valence-corrected chi connectivity index (χ4v) is 1.29. The number of hydrogen-bond donors (Lipinski definition) is 2. The summed E-state index contributed by atoms with van der Waals surface area (Å²) in [7, 11) is -0.472. The van der Waals surface area contributed by atoms with Crippen LogP contribution in [0.2, 0.25) is 0 Å². The molecule has 0 aromatic carbocycles. The Hall–Kier alpha value is -0.460. The van der Waals surface area contributed by atoms with E-state index >= 15 is 0 Å². The molecule has 0 saturated carbocycles. The minimum Gasteiger partial charge on any atom is -0.398 e. The molecule has 1 rings (SSSR count). The first-order valence-electron chi connectivity index (χ1n) is 1.97. The van der Waals surface area contributed by atoms with E-state index in [4.69, 9.17) is 11.2 Å². The Morgan fingerprint density at radius 2 is 2.29 bits per heavy atom. The number of nitrogen functional groups attached to an aromatic ring is 2. The van der Waals surface area contributed by atoms with Gasteiger partial charge in [-0.2, -0.15) is 0 Å². The smallest absolute Gasteiger partial charge is 0.0370 e. The van der Waals surface area contributed by atoms with E-state index in [1.165, 1.54) is 0 Å². The Labute approximate surface area is 43.2 Å². The molecule has 0 amide bonds. The molecule has 0 spiro atoms. The second-order valence-electron chi connectivity index (χ2n) is 1.39. The van der Waals surface area contributed by atoms with Crippen LogP contribution in [0, 0.1) is 0 Å². The van der Waals surface area contributed by atoms with Gasteiger partial charge < -0.3 is 5.73 Å². The minimum absolute atomic E-state index is 0.472. The summed E-state index contributed by atoms with van der Waals surface area (Å²) in [4.78, 5) is 0. The summed E-state index contributed by atoms with van der Waals surface area (Å²) in [5.74, 6) is 3.79. The average molecular weight is 114 g/mol. The first kappa shape index (κ1) is 4.69. The predicted molar refractivity (Wildman–Crippen MR) is 33.7 cm³/mol. The molecule has 0 bridgehead atoms. The van der Waals surface area contributed by atoms with E-state index in [0.717, 1.165) is 5.69 Å². The van der Waals surface area contributed by atoms with Crippen LogP contribution in [0.15, 0.2) is 17.7 Å². The van der Waals surface area contributed by atoms with E-state index in [-0.39, 0.29) is 0 Å². The summed E-state index contributed by atoms with van der Waals surface area (Å²) in [5.41, 5.74) is 11.6. The zero-order valence-electron chi connectivity index (χ0n) is 3.83. The molecule has 1 unspecified atom stereocenters. The zero-order valence-corrected chi connectivity index (χ0v) is 4.73. The predicted octanol–water partition coefficient (Wildman–Crippen LogP) is 0.969. The third-order valence-corrected chi connectivity index (χ3v) is 1.83. The van der Waals surface area contributed by atoms with Crippen molar-refractivity contribution < 1.29 is 0 Å². The van der Waals surface area contributed by atoms with Gasteiger partial charge in [0.1, 0.15) is 0 Å². The van der Waals surface area contributed by atoms with Crippen molar-refractivity contribution in [2.75, 3.05) is 11.2 Å². The van der Waals surface area contributed by atoms with Crippen LogP contribution in [-0.2, 0) is 0 Å². The maximum atomic E-state index is 5.45. The lowest BCUT2D eigenvalue weighted by molar-refractivity contribution is 1.89. The summed E-state index contributed by atoms with van der Waals surface area (Å²) in [6, 6.07) is 1.84. The van der Waals surface area contributed by atoms with Crippen LogP contribution in [0.4, 0.5) is 5.69 Å². The van der Waals surface area contributed by atoms with Crippen LogP contribution in [0.25, 0.3) is 0 Å². The quantitative estimate of drug-likeness (QED) is 0.528. The highest BCUT2D eigenvalue weighted by Gasteiger charge is 1.83. The van der Waals surface area contributed by atoms with Crippen molar-refractivity contribution in [3.8, 4) is 0 Å². The average Bonchev–Trinajstić information content (AvgIpc) is 1.87. The van der Waals surface area contributed by atoms with Gasteiger partial charge in [-0.05, 0) is 17.7 Å². The van der Waals surface area contributed by atoms with E-state index in [0.29, 0.717) is 0 Å². The van der Waals surface area contributed by atoms with Gasteiger partial charge in [0.05, 0.1) is 0 Å². The van der Waals surface area contributed by atoms with E-state index < -0.39 is 7.68 Å². The van der Waals surface area contributed by atoms with E-state index in [1.807, 2.05) is 17.7 Å². The minimum atomic E-state index is -0.472. The fraction of sp³-hybridized carbons (Fsp3) is 0. The molecule has 38 valence electrons. The van der Waals surface area contributed by atoms with Crippen LogP contribution in [0.3, 0.4) is 0 Å². The molecule has 7 heavy (non-hydrogen) atoms. The molecule has 1 atom stereocenters. The number of anilines is 1. The summed E-state index contributed by atoms with van der Waals surface area (Å²) in [6.45, 7) is 0. The summed E-state index contributed by atoms with van der Waals surface area (Å²) < 4.78 is 0. The van der Waals surface area contributed by atoms with Crippen LogP contribution in [0.1, 0.15) is 0 Å². The van der Waals surface area contributed by atoms with Gasteiger partial charge in [-0.15, -0.1) is 0 Å². The molecular weight excluding hydrogens is 107 g/mol. The Kier molecular flexibility index (Phi) is 1.05. The van der Waals surface area contributed by atoms with Gasteiger partial charge >= 0.3 is 0 Å². The molecule has 0 aliphatic heterocycles. The molecule has 0 aliphatic rings. The van der Waals surface area contributed by atoms with Crippen molar-refractivity contribution in [2.24, 2.45) is 0 Å². The normalized spacial score (nSPS) is 11.9. The van der Waals surface area contributed by atoms with Gasteiger partial charge in [0, 0.05) is 5.69 Å². The van der Waals surface area contributed by atoms with Gasteiger partial charge in [0.15, 0.2) is 0 Å². The van der Waals surface area contributed by atoms with Crippen molar-refractivity contribution in [3.05, 3.63) is 17.7 Å². The zero-order chi connectivity index (χ0) is 5.28. The van der Waals surface area contributed by atoms with Crippen LogP contribution < -0.4 is 11.2 Å². The third kappa shape index (κ3) is 0.952. The highest BCUT2D eigenvalue weighted by atomic mass is 31.1. The molecule has 1 heterocycles. The topological polar surface area (TPSA) is 52.0 Å². The monoisotopic (exact) mass is 114 g/mol. The van der Waals surface area contributed by atoms with E-state index in [1.54, 1.807) is 0 Å². The fourth-order valence-electron chi connectivity index (χ4n) is 0.430.